The minimum absolute atomic E-state index is 0.0413. The monoisotopic (exact) mass is 364 g/mol. The summed E-state index contributed by atoms with van der Waals surface area (Å²) < 4.78 is 5.15. The zero-order valence-electron chi connectivity index (χ0n) is 9.84. The Balaban J connectivity index is 2.46. The molecule has 1 aromatic carbocycles. The molecule has 0 saturated carbocycles. The molecular formula is C13H11BrCl2OS. The molecule has 0 bridgehead atoms. The number of benzene rings is 1. The summed E-state index contributed by atoms with van der Waals surface area (Å²) in [4.78, 5) is 0.0413. The summed E-state index contributed by atoms with van der Waals surface area (Å²) in [6.07, 6.45) is 0. The third-order valence-corrected chi connectivity index (χ3v) is 5.20. The number of hydrogen-bond acceptors (Lipinski definition) is 2. The van der Waals surface area contributed by atoms with Gasteiger partial charge in [-0.3, -0.25) is 0 Å². The van der Waals surface area contributed by atoms with Gasteiger partial charge >= 0.3 is 0 Å². The zero-order valence-corrected chi connectivity index (χ0v) is 13.8. The van der Waals surface area contributed by atoms with Crippen molar-refractivity contribution in [2.45, 2.75) is 11.8 Å². The predicted molar refractivity (Wildman–Crippen MR) is 82.8 cm³/mol. The maximum atomic E-state index is 6.28. The first-order valence-electron chi connectivity index (χ1n) is 5.24. The number of methoxy groups -OCH3 is 1. The van der Waals surface area contributed by atoms with E-state index in [1.165, 1.54) is 11.1 Å². The van der Waals surface area contributed by atoms with Crippen molar-refractivity contribution >= 4 is 50.5 Å². The SMILES string of the molecule is COc1cc(Cl)c(C(Br)c2cscc2C)cc1Cl. The van der Waals surface area contributed by atoms with Crippen LogP contribution in [0.5, 0.6) is 5.75 Å². The van der Waals surface area contributed by atoms with Crippen molar-refractivity contribution in [1.82, 2.24) is 0 Å². The lowest BCUT2D eigenvalue weighted by molar-refractivity contribution is 0.415. The van der Waals surface area contributed by atoms with E-state index in [0.29, 0.717) is 15.8 Å². The fraction of sp³-hybridized carbons (Fsp3) is 0.231. The molecule has 96 valence electrons. The molecule has 1 heterocycles. The summed E-state index contributed by atoms with van der Waals surface area (Å²) in [6, 6.07) is 3.59. The van der Waals surface area contributed by atoms with Crippen LogP contribution in [0.15, 0.2) is 22.9 Å². The number of hydrogen-bond donors (Lipinski definition) is 0. The van der Waals surface area contributed by atoms with Crippen molar-refractivity contribution in [3.63, 3.8) is 0 Å². The number of alkyl halides is 1. The Bertz CT molecular complexity index is 568. The van der Waals surface area contributed by atoms with Gasteiger partial charge in [0.05, 0.1) is 17.0 Å². The van der Waals surface area contributed by atoms with E-state index in [1.807, 2.05) is 6.07 Å². The highest BCUT2D eigenvalue weighted by Gasteiger charge is 2.18. The van der Waals surface area contributed by atoms with E-state index in [1.54, 1.807) is 24.5 Å². The average Bonchev–Trinajstić information content (AvgIpc) is 2.77. The quantitative estimate of drug-likeness (QED) is 0.619. The minimum Gasteiger partial charge on any atom is -0.495 e. The standard InChI is InChI=1S/C13H11BrCl2OS/c1-7-5-18-6-9(7)13(14)8-3-11(16)12(17-2)4-10(8)15/h3-6,13H,1-2H3. The first kappa shape index (κ1) is 14.2. The van der Waals surface area contributed by atoms with E-state index >= 15 is 0 Å². The van der Waals surface area contributed by atoms with Gasteiger partial charge in [-0.1, -0.05) is 39.1 Å². The lowest BCUT2D eigenvalue weighted by Crippen LogP contribution is -1.95. The van der Waals surface area contributed by atoms with E-state index in [4.69, 9.17) is 27.9 Å². The van der Waals surface area contributed by atoms with Crippen LogP contribution in [0.3, 0.4) is 0 Å². The molecule has 1 aromatic heterocycles. The van der Waals surface area contributed by atoms with Gasteiger partial charge in [0.2, 0.25) is 0 Å². The van der Waals surface area contributed by atoms with Crippen molar-refractivity contribution in [2.75, 3.05) is 7.11 Å². The Hall–Kier alpha value is -0.220. The Kier molecular flexibility index (Phi) is 4.59. The molecule has 2 rings (SSSR count). The fourth-order valence-corrected chi connectivity index (χ4v) is 4.26. The lowest BCUT2D eigenvalue weighted by atomic mass is 10.0. The molecule has 18 heavy (non-hydrogen) atoms. The second-order valence-corrected chi connectivity index (χ2v) is 6.35. The summed E-state index contributed by atoms with van der Waals surface area (Å²) in [5, 5.41) is 5.43. The van der Waals surface area contributed by atoms with E-state index in [9.17, 15) is 0 Å². The zero-order chi connectivity index (χ0) is 13.3. The molecule has 0 radical (unpaired) electrons. The van der Waals surface area contributed by atoms with Gasteiger partial charge in [-0.2, -0.15) is 11.3 Å². The topological polar surface area (TPSA) is 9.23 Å². The van der Waals surface area contributed by atoms with E-state index in [2.05, 4.69) is 33.6 Å². The molecule has 0 aliphatic carbocycles. The van der Waals surface area contributed by atoms with Crippen molar-refractivity contribution in [1.29, 1.82) is 0 Å². The maximum Gasteiger partial charge on any atom is 0.138 e. The Morgan fingerprint density at radius 2 is 1.89 bits per heavy atom. The molecule has 1 atom stereocenters. The molecule has 0 amide bonds. The molecule has 0 N–H and O–H groups in total. The Labute approximate surface area is 129 Å². The maximum absolute atomic E-state index is 6.28. The number of halogens is 3. The van der Waals surface area contributed by atoms with Gasteiger partial charge in [0.25, 0.3) is 0 Å². The molecule has 2 aromatic rings. The molecule has 0 spiro atoms. The van der Waals surface area contributed by atoms with Gasteiger partial charge in [0, 0.05) is 11.1 Å². The van der Waals surface area contributed by atoms with Gasteiger partial charge in [-0.05, 0) is 40.4 Å². The Morgan fingerprint density at radius 3 is 2.44 bits per heavy atom. The van der Waals surface area contributed by atoms with Gasteiger partial charge in [0.1, 0.15) is 5.75 Å². The summed E-state index contributed by atoms with van der Waals surface area (Å²) >= 11 is 17.8. The highest BCUT2D eigenvalue weighted by atomic mass is 79.9. The molecular weight excluding hydrogens is 355 g/mol. The highest BCUT2D eigenvalue weighted by Crippen LogP contribution is 2.41. The van der Waals surface area contributed by atoms with Crippen LogP contribution in [0, 0.1) is 6.92 Å². The van der Waals surface area contributed by atoms with Crippen LogP contribution in [-0.4, -0.2) is 7.11 Å². The van der Waals surface area contributed by atoms with Crippen LogP contribution in [0.1, 0.15) is 21.5 Å². The van der Waals surface area contributed by atoms with Gasteiger partial charge in [-0.15, -0.1) is 0 Å². The second-order valence-electron chi connectivity index (χ2n) is 3.88. The molecule has 0 aliphatic rings. The smallest absolute Gasteiger partial charge is 0.138 e. The van der Waals surface area contributed by atoms with Gasteiger partial charge in [-0.25, -0.2) is 0 Å². The van der Waals surface area contributed by atoms with Crippen LogP contribution in [0.4, 0.5) is 0 Å². The molecule has 1 nitrogen and oxygen atoms in total. The summed E-state index contributed by atoms with van der Waals surface area (Å²) in [6.45, 7) is 2.08. The van der Waals surface area contributed by atoms with Crippen LogP contribution in [0.2, 0.25) is 10.0 Å². The molecule has 1 unspecified atom stereocenters. The summed E-state index contributed by atoms with van der Waals surface area (Å²) in [5.41, 5.74) is 3.40. The van der Waals surface area contributed by atoms with Gasteiger partial charge < -0.3 is 4.74 Å². The van der Waals surface area contributed by atoms with Crippen molar-refractivity contribution in [2.24, 2.45) is 0 Å². The first-order valence-corrected chi connectivity index (χ1v) is 7.85. The molecule has 0 saturated heterocycles. The predicted octanol–water partition coefficient (Wildman–Crippen LogP) is 5.86. The van der Waals surface area contributed by atoms with E-state index in [-0.39, 0.29) is 4.83 Å². The highest BCUT2D eigenvalue weighted by molar-refractivity contribution is 9.09. The van der Waals surface area contributed by atoms with Gasteiger partial charge in [0.15, 0.2) is 0 Å². The number of ether oxygens (including phenoxy) is 1. The van der Waals surface area contributed by atoms with Crippen molar-refractivity contribution in [3.05, 3.63) is 49.6 Å². The first-order chi connectivity index (χ1) is 8.54. The summed E-state index contributed by atoms with van der Waals surface area (Å²) in [5.74, 6) is 0.590. The van der Waals surface area contributed by atoms with Crippen molar-refractivity contribution < 1.29 is 4.74 Å². The molecule has 0 fully saturated rings. The fourth-order valence-electron chi connectivity index (χ4n) is 1.69. The normalized spacial score (nSPS) is 12.5. The van der Waals surface area contributed by atoms with Crippen LogP contribution in [0.25, 0.3) is 0 Å². The van der Waals surface area contributed by atoms with Crippen LogP contribution >= 0.6 is 50.5 Å². The third-order valence-electron chi connectivity index (χ3n) is 2.71. The number of aryl methyl sites for hydroxylation is 1. The van der Waals surface area contributed by atoms with E-state index < -0.39 is 0 Å². The van der Waals surface area contributed by atoms with Crippen molar-refractivity contribution in [3.8, 4) is 5.75 Å². The second kappa shape index (κ2) is 5.83. The minimum atomic E-state index is 0.0413. The molecule has 5 heteroatoms. The Morgan fingerprint density at radius 1 is 1.17 bits per heavy atom. The molecule has 0 aliphatic heterocycles. The average molecular weight is 366 g/mol. The van der Waals surface area contributed by atoms with Crippen LogP contribution < -0.4 is 4.74 Å². The number of rotatable bonds is 3. The van der Waals surface area contributed by atoms with Crippen LogP contribution in [-0.2, 0) is 0 Å². The largest absolute Gasteiger partial charge is 0.495 e. The van der Waals surface area contributed by atoms with E-state index in [0.717, 1.165) is 5.56 Å². The lowest BCUT2D eigenvalue weighted by Gasteiger charge is -2.14. The third kappa shape index (κ3) is 2.69. The number of thiophene rings is 1. The summed E-state index contributed by atoms with van der Waals surface area (Å²) in [7, 11) is 1.58.